The van der Waals surface area contributed by atoms with Gasteiger partial charge in [-0.2, -0.15) is 0 Å². The van der Waals surface area contributed by atoms with E-state index in [0.29, 0.717) is 13.2 Å². The molecule has 118 valence electrons. The largest absolute Gasteiger partial charge is 0.466 e. The van der Waals surface area contributed by atoms with Crippen LogP contribution in [0.2, 0.25) is 0 Å². The molecular formula is C16H26N2O3. The maximum atomic E-state index is 11.8. The highest BCUT2D eigenvalue weighted by Crippen LogP contribution is 2.24. The van der Waals surface area contributed by atoms with E-state index in [4.69, 9.17) is 9.15 Å². The average Bonchev–Trinajstić information content (AvgIpc) is 2.88. The zero-order valence-electron chi connectivity index (χ0n) is 13.5. The summed E-state index contributed by atoms with van der Waals surface area (Å²) in [7, 11) is 0. The van der Waals surface area contributed by atoms with E-state index in [-0.39, 0.29) is 17.3 Å². The van der Waals surface area contributed by atoms with Gasteiger partial charge in [-0.25, -0.2) is 4.98 Å². The van der Waals surface area contributed by atoms with Crippen LogP contribution in [0.1, 0.15) is 52.2 Å². The molecule has 5 heteroatoms. The number of ether oxygens (including phenoxy) is 1. The normalized spacial score (nSPS) is 20.5. The minimum atomic E-state index is -0.0787. The summed E-state index contributed by atoms with van der Waals surface area (Å²) in [6.07, 6.45) is 3.73. The minimum absolute atomic E-state index is 0.0178. The molecule has 0 aliphatic carbocycles. The van der Waals surface area contributed by atoms with Crippen LogP contribution >= 0.6 is 0 Å². The quantitative estimate of drug-likeness (QED) is 0.799. The number of carbonyl (C=O) groups is 1. The minimum Gasteiger partial charge on any atom is -0.466 e. The standard InChI is InChI=1S/C16H26N2O3/c1-5-20-15(19)12-7-6-8-18(10-12)11-14-17-9-13(21-14)16(2,3)4/h9,12H,5-8,10-11H2,1-4H3/t12-/m0/s1. The first-order chi connectivity index (χ1) is 9.90. The second kappa shape index (κ2) is 6.60. The summed E-state index contributed by atoms with van der Waals surface area (Å²) >= 11 is 0. The second-order valence-electron chi connectivity index (χ2n) is 6.69. The first-order valence-corrected chi connectivity index (χ1v) is 7.74. The third-order valence-corrected chi connectivity index (χ3v) is 3.78. The molecule has 0 spiro atoms. The number of esters is 1. The molecule has 0 saturated carbocycles. The Labute approximate surface area is 126 Å². The van der Waals surface area contributed by atoms with E-state index in [1.165, 1.54) is 0 Å². The van der Waals surface area contributed by atoms with Crippen molar-refractivity contribution >= 4 is 5.97 Å². The molecule has 21 heavy (non-hydrogen) atoms. The van der Waals surface area contributed by atoms with Gasteiger partial charge < -0.3 is 9.15 Å². The van der Waals surface area contributed by atoms with E-state index < -0.39 is 0 Å². The average molecular weight is 294 g/mol. The van der Waals surface area contributed by atoms with Gasteiger partial charge in [0.15, 0.2) is 0 Å². The highest BCUT2D eigenvalue weighted by Gasteiger charge is 2.28. The zero-order chi connectivity index (χ0) is 15.5. The van der Waals surface area contributed by atoms with Crippen LogP contribution in [-0.4, -0.2) is 35.5 Å². The van der Waals surface area contributed by atoms with Gasteiger partial charge in [0.05, 0.1) is 25.3 Å². The molecule has 1 saturated heterocycles. The van der Waals surface area contributed by atoms with E-state index in [1.807, 2.05) is 13.1 Å². The van der Waals surface area contributed by atoms with Gasteiger partial charge in [-0.1, -0.05) is 20.8 Å². The molecule has 1 atom stereocenters. The van der Waals surface area contributed by atoms with Crippen LogP contribution in [0, 0.1) is 5.92 Å². The van der Waals surface area contributed by atoms with Gasteiger partial charge in [-0.05, 0) is 26.3 Å². The van der Waals surface area contributed by atoms with Gasteiger partial charge in [-0.3, -0.25) is 9.69 Å². The van der Waals surface area contributed by atoms with E-state index in [1.54, 1.807) is 0 Å². The number of nitrogens with zero attached hydrogens (tertiary/aromatic N) is 2. The Kier molecular flexibility index (Phi) is 5.04. The lowest BCUT2D eigenvalue weighted by Gasteiger charge is -2.30. The van der Waals surface area contributed by atoms with Crippen LogP contribution in [0.4, 0.5) is 0 Å². The van der Waals surface area contributed by atoms with E-state index >= 15 is 0 Å². The molecule has 2 rings (SSSR count). The third kappa shape index (κ3) is 4.30. The molecule has 0 bridgehead atoms. The van der Waals surface area contributed by atoms with Crippen molar-refractivity contribution in [3.05, 3.63) is 17.8 Å². The van der Waals surface area contributed by atoms with Crippen molar-refractivity contribution in [3.8, 4) is 0 Å². The van der Waals surface area contributed by atoms with Crippen molar-refractivity contribution in [2.45, 2.75) is 52.5 Å². The fraction of sp³-hybridized carbons (Fsp3) is 0.750. The maximum Gasteiger partial charge on any atom is 0.310 e. The maximum absolute atomic E-state index is 11.8. The van der Waals surface area contributed by atoms with Gasteiger partial charge >= 0.3 is 5.97 Å². The first kappa shape index (κ1) is 16.0. The number of hydrogen-bond donors (Lipinski definition) is 0. The van der Waals surface area contributed by atoms with E-state index in [0.717, 1.165) is 37.6 Å². The first-order valence-electron chi connectivity index (χ1n) is 7.74. The second-order valence-corrected chi connectivity index (χ2v) is 6.69. The highest BCUT2D eigenvalue weighted by atomic mass is 16.5. The smallest absolute Gasteiger partial charge is 0.310 e. The van der Waals surface area contributed by atoms with Gasteiger partial charge in [-0.15, -0.1) is 0 Å². The summed E-state index contributed by atoms with van der Waals surface area (Å²) in [5.41, 5.74) is -0.0272. The highest BCUT2D eigenvalue weighted by molar-refractivity contribution is 5.72. The number of rotatable bonds is 4. The Morgan fingerprint density at radius 2 is 2.29 bits per heavy atom. The van der Waals surface area contributed by atoms with Gasteiger partial charge in [0.1, 0.15) is 5.76 Å². The monoisotopic (exact) mass is 294 g/mol. The van der Waals surface area contributed by atoms with Crippen molar-refractivity contribution in [1.29, 1.82) is 0 Å². The Hall–Kier alpha value is -1.36. The van der Waals surface area contributed by atoms with Crippen LogP contribution in [0.3, 0.4) is 0 Å². The van der Waals surface area contributed by atoms with E-state index in [2.05, 4.69) is 30.7 Å². The topological polar surface area (TPSA) is 55.6 Å². The summed E-state index contributed by atoms with van der Waals surface area (Å²) in [5, 5.41) is 0. The van der Waals surface area contributed by atoms with Crippen molar-refractivity contribution in [2.24, 2.45) is 5.92 Å². The summed E-state index contributed by atoms with van der Waals surface area (Å²) in [4.78, 5) is 18.4. The molecule has 0 radical (unpaired) electrons. The SMILES string of the molecule is CCOC(=O)[C@H]1CCCN(Cc2ncc(C(C)(C)C)o2)C1. The van der Waals surface area contributed by atoms with Crippen LogP contribution in [0.25, 0.3) is 0 Å². The molecule has 0 amide bonds. The molecule has 0 unspecified atom stereocenters. The number of oxazole rings is 1. The van der Waals surface area contributed by atoms with Gasteiger partial charge in [0, 0.05) is 12.0 Å². The molecule has 5 nitrogen and oxygen atoms in total. The third-order valence-electron chi connectivity index (χ3n) is 3.78. The Bertz CT molecular complexity index is 476. The Morgan fingerprint density at radius 1 is 1.52 bits per heavy atom. The number of likely N-dealkylation sites (tertiary alicyclic amines) is 1. The zero-order valence-corrected chi connectivity index (χ0v) is 13.5. The van der Waals surface area contributed by atoms with Crippen LogP contribution in [-0.2, 0) is 21.5 Å². The fourth-order valence-electron chi connectivity index (χ4n) is 2.57. The summed E-state index contributed by atoms with van der Waals surface area (Å²) in [5.74, 6) is 1.53. The van der Waals surface area contributed by atoms with Gasteiger partial charge in [0.2, 0.25) is 5.89 Å². The molecule has 0 aromatic carbocycles. The fourth-order valence-corrected chi connectivity index (χ4v) is 2.57. The van der Waals surface area contributed by atoms with Crippen LogP contribution < -0.4 is 0 Å². The number of hydrogen-bond acceptors (Lipinski definition) is 5. The lowest BCUT2D eigenvalue weighted by molar-refractivity contribution is -0.150. The molecule has 2 heterocycles. The van der Waals surface area contributed by atoms with Crippen molar-refractivity contribution in [2.75, 3.05) is 19.7 Å². The Morgan fingerprint density at radius 3 is 2.90 bits per heavy atom. The molecule has 1 fully saturated rings. The molecule has 1 aromatic rings. The molecule has 1 aromatic heterocycles. The summed E-state index contributed by atoms with van der Waals surface area (Å²) in [6, 6.07) is 0. The predicted molar refractivity (Wildman–Crippen MR) is 79.8 cm³/mol. The lowest BCUT2D eigenvalue weighted by Crippen LogP contribution is -2.39. The number of aromatic nitrogens is 1. The van der Waals surface area contributed by atoms with Crippen LogP contribution in [0.15, 0.2) is 10.6 Å². The van der Waals surface area contributed by atoms with Crippen molar-refractivity contribution < 1.29 is 13.9 Å². The number of carbonyl (C=O) groups excluding carboxylic acids is 1. The number of piperidine rings is 1. The lowest BCUT2D eigenvalue weighted by atomic mass is 9.94. The van der Waals surface area contributed by atoms with Gasteiger partial charge in [0.25, 0.3) is 0 Å². The van der Waals surface area contributed by atoms with E-state index in [9.17, 15) is 4.79 Å². The van der Waals surface area contributed by atoms with Crippen molar-refractivity contribution in [3.63, 3.8) is 0 Å². The van der Waals surface area contributed by atoms with Crippen molar-refractivity contribution in [1.82, 2.24) is 9.88 Å². The summed E-state index contributed by atoms with van der Waals surface area (Å²) in [6.45, 7) is 11.0. The predicted octanol–water partition coefficient (Wildman–Crippen LogP) is 2.75. The summed E-state index contributed by atoms with van der Waals surface area (Å²) < 4.78 is 10.9. The molecule has 0 N–H and O–H groups in total. The molecule has 1 aliphatic heterocycles. The Balaban J connectivity index is 1.93. The van der Waals surface area contributed by atoms with Crippen LogP contribution in [0.5, 0.6) is 0 Å². The molecule has 1 aliphatic rings. The molecular weight excluding hydrogens is 268 g/mol.